The van der Waals surface area contributed by atoms with E-state index in [1.165, 1.54) is 52.4 Å². The number of unbranched alkanes of at least 4 members (excludes halogenated alkanes) is 8. The number of benzene rings is 2. The monoisotopic (exact) mass is 710 g/mol. The molecule has 51 heavy (non-hydrogen) atoms. The summed E-state index contributed by atoms with van der Waals surface area (Å²) in [5, 5.41) is 5.70. The fourth-order valence-electron chi connectivity index (χ4n) is 5.82. The molecule has 10 nitrogen and oxygen atoms in total. The van der Waals surface area contributed by atoms with Crippen molar-refractivity contribution in [2.24, 2.45) is 5.41 Å². The zero-order chi connectivity index (χ0) is 37.5. The number of esters is 2. The van der Waals surface area contributed by atoms with Gasteiger partial charge in [0.25, 0.3) is 0 Å². The zero-order valence-electron chi connectivity index (χ0n) is 32.0. The van der Waals surface area contributed by atoms with Gasteiger partial charge in [-0.2, -0.15) is 0 Å². The van der Waals surface area contributed by atoms with Crippen LogP contribution in [0.15, 0.2) is 36.4 Å². The summed E-state index contributed by atoms with van der Waals surface area (Å²) in [7, 11) is 0. The van der Waals surface area contributed by atoms with E-state index < -0.39 is 17.4 Å². The summed E-state index contributed by atoms with van der Waals surface area (Å²) in [5.74, 6) is -0.394. The smallest absolute Gasteiger partial charge is 0.323 e. The molecular formula is C41H62N2O8. The number of amides is 2. The maximum atomic E-state index is 13.4. The standard InChI is InChI=1S/C41H62N2O8/c1-7-11-13-15-17-25-48-35-21-19-33(37(29-35)42-31(5)44)23-27-50-39(46)41(9-3,10-4)40(47)51-28-24-34-20-22-36(30-38(34)43-32(6)45)49-26-18-16-14-12-8-2/h19-22,29-30H,7-18,23-28H2,1-6H3,(H,42,44)(H,43,45). The van der Waals surface area contributed by atoms with Gasteiger partial charge in [-0.25, -0.2) is 0 Å². The molecule has 0 saturated carbocycles. The van der Waals surface area contributed by atoms with Crippen molar-refractivity contribution in [2.75, 3.05) is 37.1 Å². The highest BCUT2D eigenvalue weighted by Gasteiger charge is 2.46. The zero-order valence-corrected chi connectivity index (χ0v) is 32.0. The van der Waals surface area contributed by atoms with Crippen LogP contribution in [0.1, 0.15) is 130 Å². The third kappa shape index (κ3) is 15.4. The number of anilines is 2. The van der Waals surface area contributed by atoms with E-state index in [2.05, 4.69) is 24.5 Å². The second-order valence-electron chi connectivity index (χ2n) is 13.1. The highest BCUT2D eigenvalue weighted by atomic mass is 16.6. The van der Waals surface area contributed by atoms with Crippen molar-refractivity contribution in [1.82, 2.24) is 0 Å². The number of hydrogen-bond donors (Lipinski definition) is 2. The Hall–Kier alpha value is -4.08. The van der Waals surface area contributed by atoms with Gasteiger partial charge in [0.1, 0.15) is 11.5 Å². The molecule has 0 fully saturated rings. The summed E-state index contributed by atoms with van der Waals surface area (Å²) >= 11 is 0. The van der Waals surface area contributed by atoms with Gasteiger partial charge >= 0.3 is 11.9 Å². The highest BCUT2D eigenvalue weighted by molar-refractivity contribution is 6.00. The van der Waals surface area contributed by atoms with Crippen LogP contribution in [0.5, 0.6) is 11.5 Å². The van der Waals surface area contributed by atoms with Crippen molar-refractivity contribution in [1.29, 1.82) is 0 Å². The van der Waals surface area contributed by atoms with Gasteiger partial charge in [0, 0.05) is 50.2 Å². The summed E-state index contributed by atoms with van der Waals surface area (Å²) in [6, 6.07) is 11.0. The van der Waals surface area contributed by atoms with Crippen LogP contribution >= 0.6 is 0 Å². The quantitative estimate of drug-likeness (QED) is 0.0562. The fourth-order valence-corrected chi connectivity index (χ4v) is 5.82. The molecular weight excluding hydrogens is 648 g/mol. The molecule has 0 saturated heterocycles. The SMILES string of the molecule is CCCCCCCOc1ccc(CCOC(=O)C(CC)(CC)C(=O)OCCc2ccc(OCCCCCCC)cc2NC(C)=O)c(NC(C)=O)c1. The molecule has 2 aromatic rings. The Kier molecular flexibility index (Phi) is 20.4. The van der Waals surface area contributed by atoms with Crippen molar-refractivity contribution in [3.05, 3.63) is 47.5 Å². The van der Waals surface area contributed by atoms with E-state index in [9.17, 15) is 19.2 Å². The maximum Gasteiger partial charge on any atom is 0.323 e. The van der Waals surface area contributed by atoms with Gasteiger partial charge in [-0.1, -0.05) is 91.2 Å². The average molecular weight is 711 g/mol. The molecule has 0 heterocycles. The topological polar surface area (TPSA) is 129 Å². The Bertz CT molecular complexity index is 1270. The van der Waals surface area contributed by atoms with Gasteiger partial charge in [-0.05, 0) is 48.9 Å². The van der Waals surface area contributed by atoms with Crippen LogP contribution in [0.2, 0.25) is 0 Å². The molecule has 2 amide bonds. The molecule has 2 N–H and O–H groups in total. The van der Waals surface area contributed by atoms with Crippen LogP contribution in [0.3, 0.4) is 0 Å². The van der Waals surface area contributed by atoms with Gasteiger partial charge in [0.15, 0.2) is 5.41 Å². The van der Waals surface area contributed by atoms with Gasteiger partial charge in [-0.15, -0.1) is 0 Å². The third-order valence-corrected chi connectivity index (χ3v) is 9.01. The van der Waals surface area contributed by atoms with Gasteiger partial charge in [0.2, 0.25) is 11.8 Å². The van der Waals surface area contributed by atoms with Crippen molar-refractivity contribution >= 4 is 35.1 Å². The van der Waals surface area contributed by atoms with Crippen LogP contribution < -0.4 is 20.1 Å². The van der Waals surface area contributed by atoms with Crippen LogP contribution in [0.4, 0.5) is 11.4 Å². The summed E-state index contributed by atoms with van der Waals surface area (Å²) in [4.78, 5) is 50.7. The Balaban J connectivity index is 1.98. The lowest BCUT2D eigenvalue weighted by molar-refractivity contribution is -0.173. The summed E-state index contributed by atoms with van der Waals surface area (Å²) < 4.78 is 23.2. The molecule has 0 radical (unpaired) electrons. The molecule has 0 aliphatic heterocycles. The minimum absolute atomic E-state index is 0.0192. The number of nitrogens with one attached hydrogen (secondary N) is 2. The lowest BCUT2D eigenvalue weighted by Crippen LogP contribution is -2.41. The number of rotatable bonds is 26. The second-order valence-corrected chi connectivity index (χ2v) is 13.1. The Morgan fingerprint density at radius 1 is 0.549 bits per heavy atom. The molecule has 2 rings (SSSR count). The van der Waals surface area contributed by atoms with Crippen LogP contribution in [-0.2, 0) is 41.5 Å². The van der Waals surface area contributed by atoms with Crippen molar-refractivity contribution in [3.8, 4) is 11.5 Å². The Morgan fingerprint density at radius 2 is 0.941 bits per heavy atom. The van der Waals surface area contributed by atoms with Gasteiger partial charge in [0.05, 0.1) is 26.4 Å². The molecule has 0 aliphatic carbocycles. The average Bonchev–Trinajstić information content (AvgIpc) is 3.10. The Morgan fingerprint density at radius 3 is 1.29 bits per heavy atom. The fraction of sp³-hybridized carbons (Fsp3) is 0.610. The van der Waals surface area contributed by atoms with E-state index in [4.69, 9.17) is 18.9 Å². The molecule has 0 bridgehead atoms. The second kappa shape index (κ2) is 24.2. The van der Waals surface area contributed by atoms with Crippen molar-refractivity contribution < 1.29 is 38.1 Å². The van der Waals surface area contributed by atoms with Crippen LogP contribution in [0, 0.1) is 5.41 Å². The molecule has 2 aromatic carbocycles. The summed E-state index contributed by atoms with van der Waals surface area (Å²) in [6.45, 7) is 12.0. The first kappa shape index (κ1) is 43.1. The largest absolute Gasteiger partial charge is 0.494 e. The van der Waals surface area contributed by atoms with E-state index in [0.29, 0.717) is 48.9 Å². The first-order valence-corrected chi connectivity index (χ1v) is 19.0. The van der Waals surface area contributed by atoms with E-state index in [0.717, 1.165) is 36.8 Å². The molecule has 284 valence electrons. The van der Waals surface area contributed by atoms with E-state index in [1.54, 1.807) is 26.0 Å². The molecule has 10 heteroatoms. The first-order valence-electron chi connectivity index (χ1n) is 19.0. The lowest BCUT2D eigenvalue weighted by Gasteiger charge is -2.27. The van der Waals surface area contributed by atoms with Crippen molar-refractivity contribution in [3.63, 3.8) is 0 Å². The highest BCUT2D eigenvalue weighted by Crippen LogP contribution is 2.31. The van der Waals surface area contributed by atoms with Crippen LogP contribution in [0.25, 0.3) is 0 Å². The first-order chi connectivity index (χ1) is 24.6. The number of carbonyl (C=O) groups excluding carboxylic acids is 4. The van der Waals surface area contributed by atoms with Gasteiger partial charge in [-0.3, -0.25) is 19.2 Å². The predicted molar refractivity (Wildman–Crippen MR) is 202 cm³/mol. The van der Waals surface area contributed by atoms with Gasteiger partial charge < -0.3 is 29.6 Å². The lowest BCUT2D eigenvalue weighted by atomic mass is 9.82. The van der Waals surface area contributed by atoms with E-state index >= 15 is 0 Å². The number of ether oxygens (including phenoxy) is 4. The molecule has 0 unspecified atom stereocenters. The molecule has 0 spiro atoms. The maximum absolute atomic E-state index is 13.4. The molecule has 0 atom stereocenters. The van der Waals surface area contributed by atoms with Crippen LogP contribution in [-0.4, -0.2) is 50.2 Å². The molecule has 0 aliphatic rings. The number of carbonyl (C=O) groups is 4. The molecule has 0 aromatic heterocycles. The number of hydrogen-bond acceptors (Lipinski definition) is 8. The minimum atomic E-state index is -1.45. The predicted octanol–water partition coefficient (Wildman–Crippen LogP) is 8.98. The summed E-state index contributed by atoms with van der Waals surface area (Å²) in [6.07, 6.45) is 12.4. The van der Waals surface area contributed by atoms with E-state index in [-0.39, 0.29) is 37.9 Å². The third-order valence-electron chi connectivity index (χ3n) is 9.01. The van der Waals surface area contributed by atoms with E-state index in [1.807, 2.05) is 24.3 Å². The Labute approximate surface area is 305 Å². The summed E-state index contributed by atoms with van der Waals surface area (Å²) in [5.41, 5.74) is 1.31. The van der Waals surface area contributed by atoms with Crippen molar-refractivity contribution in [2.45, 2.75) is 131 Å². The normalized spacial score (nSPS) is 11.1. The minimum Gasteiger partial charge on any atom is -0.494 e.